The highest BCUT2D eigenvalue weighted by Gasteiger charge is 2.16. The number of hydrogen-bond donors (Lipinski definition) is 1. The summed E-state index contributed by atoms with van der Waals surface area (Å²) in [6.45, 7) is 0. The minimum atomic E-state index is -0.749. The van der Waals surface area contributed by atoms with Crippen LogP contribution in [0, 0.1) is 27.7 Å². The fourth-order valence-electron chi connectivity index (χ4n) is 2.14. The van der Waals surface area contributed by atoms with E-state index in [1.165, 1.54) is 10.6 Å². The standard InChI is InChI=1S/C14H6BrF2N3S/c15-8-4-9(16)13(10(17)5-8)20-12-3-7(6-18)1-2-11(12)19-14(20)21/h1-5H,(H,19,21). The third kappa shape index (κ3) is 2.26. The highest BCUT2D eigenvalue weighted by molar-refractivity contribution is 9.10. The lowest BCUT2D eigenvalue weighted by molar-refractivity contribution is 0.569. The van der Waals surface area contributed by atoms with Gasteiger partial charge in [-0.1, -0.05) is 15.9 Å². The van der Waals surface area contributed by atoms with Gasteiger partial charge in [-0.25, -0.2) is 8.78 Å². The van der Waals surface area contributed by atoms with Crippen LogP contribution in [-0.4, -0.2) is 9.55 Å². The lowest BCUT2D eigenvalue weighted by Gasteiger charge is -2.08. The van der Waals surface area contributed by atoms with Crippen LogP contribution in [0.2, 0.25) is 0 Å². The summed E-state index contributed by atoms with van der Waals surface area (Å²) >= 11 is 8.18. The summed E-state index contributed by atoms with van der Waals surface area (Å²) in [7, 11) is 0. The molecular formula is C14H6BrF2N3S. The molecule has 0 unspecified atom stereocenters. The first-order valence-electron chi connectivity index (χ1n) is 5.81. The molecular weight excluding hydrogens is 360 g/mol. The number of nitrogens with zero attached hydrogens (tertiary/aromatic N) is 2. The summed E-state index contributed by atoms with van der Waals surface area (Å²) in [4.78, 5) is 2.87. The lowest BCUT2D eigenvalue weighted by atomic mass is 10.2. The van der Waals surface area contributed by atoms with Crippen LogP contribution in [0.1, 0.15) is 5.56 Å². The van der Waals surface area contributed by atoms with Gasteiger partial charge >= 0.3 is 0 Å². The summed E-state index contributed by atoms with van der Waals surface area (Å²) in [6.07, 6.45) is 0. The Balaban J connectivity index is 2.43. The van der Waals surface area contributed by atoms with Crippen molar-refractivity contribution in [3.05, 3.63) is 56.8 Å². The Morgan fingerprint density at radius 1 is 1.19 bits per heavy atom. The maximum Gasteiger partial charge on any atom is 0.182 e. The van der Waals surface area contributed by atoms with Crippen LogP contribution in [0.3, 0.4) is 0 Å². The third-order valence-electron chi connectivity index (χ3n) is 3.02. The first-order chi connectivity index (χ1) is 10.0. The second-order valence-electron chi connectivity index (χ2n) is 4.33. The largest absolute Gasteiger partial charge is 0.330 e. The van der Waals surface area contributed by atoms with Crippen LogP contribution < -0.4 is 0 Å². The minimum absolute atomic E-state index is 0.153. The molecule has 0 fully saturated rings. The molecule has 0 bridgehead atoms. The number of fused-ring (bicyclic) bond motifs is 1. The molecule has 3 aromatic rings. The Morgan fingerprint density at radius 3 is 2.48 bits per heavy atom. The van der Waals surface area contributed by atoms with Gasteiger partial charge in [-0.05, 0) is 42.5 Å². The highest BCUT2D eigenvalue weighted by atomic mass is 79.9. The number of H-pyrrole nitrogens is 1. The fourth-order valence-corrected chi connectivity index (χ4v) is 2.84. The van der Waals surface area contributed by atoms with Gasteiger partial charge in [-0.15, -0.1) is 0 Å². The Labute approximate surface area is 131 Å². The molecule has 3 nitrogen and oxygen atoms in total. The summed E-state index contributed by atoms with van der Waals surface area (Å²) in [5.74, 6) is -1.50. The summed E-state index contributed by atoms with van der Waals surface area (Å²) in [5.41, 5.74) is 1.15. The molecule has 21 heavy (non-hydrogen) atoms. The van der Waals surface area contributed by atoms with Crippen molar-refractivity contribution < 1.29 is 8.78 Å². The molecule has 0 saturated heterocycles. The van der Waals surface area contributed by atoms with E-state index < -0.39 is 11.6 Å². The van der Waals surface area contributed by atoms with Gasteiger partial charge in [0.1, 0.15) is 5.69 Å². The zero-order valence-corrected chi connectivity index (χ0v) is 12.7. The molecule has 104 valence electrons. The normalized spacial score (nSPS) is 10.8. The van der Waals surface area contributed by atoms with Crippen molar-refractivity contribution in [1.82, 2.24) is 9.55 Å². The average Bonchev–Trinajstić information content (AvgIpc) is 2.73. The van der Waals surface area contributed by atoms with E-state index >= 15 is 0 Å². The number of nitrogens with one attached hydrogen (secondary N) is 1. The molecule has 0 aliphatic rings. The van der Waals surface area contributed by atoms with Gasteiger partial charge < -0.3 is 4.98 Å². The van der Waals surface area contributed by atoms with Crippen molar-refractivity contribution >= 4 is 39.2 Å². The second-order valence-corrected chi connectivity index (χ2v) is 5.63. The van der Waals surface area contributed by atoms with Crippen LogP contribution in [0.4, 0.5) is 8.78 Å². The quantitative estimate of drug-likeness (QED) is 0.640. The van der Waals surface area contributed by atoms with Crippen LogP contribution >= 0.6 is 28.1 Å². The van der Waals surface area contributed by atoms with E-state index in [1.807, 2.05) is 6.07 Å². The smallest absolute Gasteiger partial charge is 0.182 e. The maximum atomic E-state index is 14.1. The predicted molar refractivity (Wildman–Crippen MR) is 80.8 cm³/mol. The van der Waals surface area contributed by atoms with Crippen molar-refractivity contribution in [2.75, 3.05) is 0 Å². The molecule has 1 N–H and O–H groups in total. The molecule has 0 atom stereocenters. The maximum absolute atomic E-state index is 14.1. The molecule has 3 rings (SSSR count). The van der Waals surface area contributed by atoms with Crippen molar-refractivity contribution in [3.8, 4) is 11.8 Å². The lowest BCUT2D eigenvalue weighted by Crippen LogP contribution is -2.02. The second kappa shape index (κ2) is 5.06. The molecule has 0 aliphatic carbocycles. The van der Waals surface area contributed by atoms with E-state index in [1.54, 1.807) is 12.1 Å². The molecule has 1 heterocycles. The van der Waals surface area contributed by atoms with E-state index in [0.29, 0.717) is 21.1 Å². The van der Waals surface area contributed by atoms with Crippen molar-refractivity contribution in [1.29, 1.82) is 5.26 Å². The number of aromatic amines is 1. The Bertz CT molecular complexity index is 945. The molecule has 0 spiro atoms. The van der Waals surface area contributed by atoms with Crippen molar-refractivity contribution in [2.24, 2.45) is 0 Å². The summed E-state index contributed by atoms with van der Waals surface area (Å²) in [5, 5.41) is 8.96. The number of imidazole rings is 1. The van der Waals surface area contributed by atoms with Crippen molar-refractivity contribution in [2.45, 2.75) is 0 Å². The average molecular weight is 366 g/mol. The number of hydrogen-bond acceptors (Lipinski definition) is 2. The van der Waals surface area contributed by atoms with Gasteiger partial charge in [0, 0.05) is 4.47 Å². The first kappa shape index (κ1) is 13.9. The summed E-state index contributed by atoms with van der Waals surface area (Å²) < 4.78 is 30.0. The van der Waals surface area contributed by atoms with Crippen LogP contribution in [0.25, 0.3) is 16.7 Å². The first-order valence-corrected chi connectivity index (χ1v) is 7.01. The van der Waals surface area contributed by atoms with Crippen LogP contribution in [0.5, 0.6) is 0 Å². The van der Waals surface area contributed by atoms with Crippen molar-refractivity contribution in [3.63, 3.8) is 0 Å². The Hall–Kier alpha value is -2.04. The Kier molecular flexibility index (Phi) is 3.35. The van der Waals surface area contributed by atoms with E-state index in [0.717, 1.165) is 12.1 Å². The van der Waals surface area contributed by atoms with E-state index in [2.05, 4.69) is 20.9 Å². The van der Waals surface area contributed by atoms with Gasteiger partial charge in [0.2, 0.25) is 0 Å². The van der Waals surface area contributed by atoms with Crippen LogP contribution in [0.15, 0.2) is 34.8 Å². The Morgan fingerprint density at radius 2 is 1.86 bits per heavy atom. The van der Waals surface area contributed by atoms with E-state index in [-0.39, 0.29) is 10.5 Å². The van der Waals surface area contributed by atoms with Gasteiger partial charge in [0.05, 0.1) is 22.7 Å². The van der Waals surface area contributed by atoms with Gasteiger partial charge in [0.15, 0.2) is 16.4 Å². The molecule has 0 saturated carbocycles. The molecule has 0 amide bonds. The van der Waals surface area contributed by atoms with Gasteiger partial charge in [-0.3, -0.25) is 4.57 Å². The van der Waals surface area contributed by atoms with Gasteiger partial charge in [-0.2, -0.15) is 5.26 Å². The third-order valence-corrected chi connectivity index (χ3v) is 3.76. The number of halogens is 3. The molecule has 0 aliphatic heterocycles. The number of rotatable bonds is 1. The monoisotopic (exact) mass is 365 g/mol. The molecule has 1 aromatic heterocycles. The number of benzene rings is 2. The zero-order valence-electron chi connectivity index (χ0n) is 10.3. The summed E-state index contributed by atoms with van der Waals surface area (Å²) in [6, 6.07) is 9.09. The van der Waals surface area contributed by atoms with Gasteiger partial charge in [0.25, 0.3) is 0 Å². The van der Waals surface area contributed by atoms with E-state index in [9.17, 15) is 8.78 Å². The topological polar surface area (TPSA) is 44.5 Å². The minimum Gasteiger partial charge on any atom is -0.330 e. The highest BCUT2D eigenvalue weighted by Crippen LogP contribution is 2.27. The van der Waals surface area contributed by atoms with Crippen LogP contribution in [-0.2, 0) is 0 Å². The molecule has 0 radical (unpaired) electrons. The zero-order chi connectivity index (χ0) is 15.1. The number of aromatic nitrogens is 2. The SMILES string of the molecule is N#Cc1ccc2[nH]c(=S)n(-c3c(F)cc(Br)cc3F)c2c1. The predicted octanol–water partition coefficient (Wildman–Crippen LogP) is 4.60. The van der Waals surface area contributed by atoms with E-state index in [4.69, 9.17) is 17.5 Å². The molecule has 2 aromatic carbocycles. The number of nitriles is 1. The fraction of sp³-hybridized carbons (Fsp3) is 0. The molecule has 7 heteroatoms.